The highest BCUT2D eigenvalue weighted by atomic mass is 16.3. The highest BCUT2D eigenvalue weighted by molar-refractivity contribution is 5.74. The van der Waals surface area contributed by atoms with Gasteiger partial charge in [-0.3, -0.25) is 5.10 Å². The van der Waals surface area contributed by atoms with E-state index in [0.29, 0.717) is 12.4 Å². The molecule has 0 spiro atoms. The maximum absolute atomic E-state index is 12.2. The number of rotatable bonds is 5. The fourth-order valence-electron chi connectivity index (χ4n) is 3.31. The minimum Gasteiger partial charge on any atom is -0.396 e. The van der Waals surface area contributed by atoms with Gasteiger partial charge in [0.15, 0.2) is 5.82 Å². The molecular weight excluding hydrogens is 318 g/mol. The van der Waals surface area contributed by atoms with Gasteiger partial charge in [-0.15, -0.1) is 0 Å². The van der Waals surface area contributed by atoms with Gasteiger partial charge in [0, 0.05) is 30.7 Å². The van der Waals surface area contributed by atoms with Gasteiger partial charge >= 0.3 is 6.03 Å². The number of carbonyl (C=O) groups is 1. The number of urea groups is 1. The number of carbonyl (C=O) groups excluding carboxylic acids is 1. The van der Waals surface area contributed by atoms with Gasteiger partial charge in [-0.25, -0.2) is 9.78 Å². The lowest BCUT2D eigenvalue weighted by Gasteiger charge is -2.30. The van der Waals surface area contributed by atoms with Gasteiger partial charge in [-0.2, -0.15) is 5.10 Å². The number of H-pyrrole nitrogens is 1. The Balaban J connectivity index is 1.55. The van der Waals surface area contributed by atoms with Crippen LogP contribution >= 0.6 is 0 Å². The van der Waals surface area contributed by atoms with Gasteiger partial charge in [-0.1, -0.05) is 31.0 Å². The Kier molecular flexibility index (Phi) is 5.65. The first-order valence-corrected chi connectivity index (χ1v) is 8.79. The van der Waals surface area contributed by atoms with Crippen LogP contribution in [0.5, 0.6) is 0 Å². The minimum atomic E-state index is -0.190. The molecule has 134 valence electrons. The van der Waals surface area contributed by atoms with Crippen LogP contribution in [-0.2, 0) is 6.54 Å². The fraction of sp³-hybridized carbons (Fsp3) is 0.500. The molecule has 7 heteroatoms. The van der Waals surface area contributed by atoms with Crippen LogP contribution in [0, 0.1) is 12.8 Å². The Labute approximate surface area is 147 Å². The summed E-state index contributed by atoms with van der Waals surface area (Å²) in [6.07, 6.45) is 4.12. The number of nitrogens with zero attached hydrogens (tertiary/aromatic N) is 2. The van der Waals surface area contributed by atoms with E-state index in [1.807, 2.05) is 31.2 Å². The maximum Gasteiger partial charge on any atom is 0.315 e. The molecule has 0 aliphatic heterocycles. The monoisotopic (exact) mass is 343 g/mol. The molecule has 2 unspecified atom stereocenters. The maximum atomic E-state index is 12.2. The fourth-order valence-corrected chi connectivity index (χ4v) is 3.31. The Morgan fingerprint density at radius 2 is 2.20 bits per heavy atom. The van der Waals surface area contributed by atoms with Crippen LogP contribution in [0.4, 0.5) is 4.79 Å². The van der Waals surface area contributed by atoms with E-state index >= 15 is 0 Å². The number of aromatic amines is 1. The summed E-state index contributed by atoms with van der Waals surface area (Å²) >= 11 is 0. The first kappa shape index (κ1) is 17.4. The van der Waals surface area contributed by atoms with Crippen molar-refractivity contribution in [1.82, 2.24) is 25.8 Å². The molecule has 25 heavy (non-hydrogen) atoms. The van der Waals surface area contributed by atoms with Crippen molar-refractivity contribution in [2.75, 3.05) is 6.61 Å². The van der Waals surface area contributed by atoms with Crippen LogP contribution in [-0.4, -0.2) is 39.0 Å². The van der Waals surface area contributed by atoms with Gasteiger partial charge < -0.3 is 15.7 Å². The number of aliphatic hydroxyl groups is 1. The van der Waals surface area contributed by atoms with Crippen molar-refractivity contribution in [1.29, 1.82) is 0 Å². The summed E-state index contributed by atoms with van der Waals surface area (Å²) in [5, 5.41) is 22.3. The number of aliphatic hydroxyl groups excluding tert-OH is 1. The standard InChI is InChI=1S/C18H25N5O2/c1-12-20-17(23-22-12)14-7-4-5-13(9-14)10-19-18(25)21-16-8-3-2-6-15(16)11-24/h4-5,7,9,15-16,24H,2-3,6,8,10-11H2,1H3,(H2,19,21,25)(H,20,22,23). The third kappa shape index (κ3) is 4.57. The average molecular weight is 343 g/mol. The molecule has 1 aliphatic rings. The first-order valence-electron chi connectivity index (χ1n) is 8.79. The lowest BCUT2D eigenvalue weighted by molar-refractivity contribution is 0.153. The van der Waals surface area contributed by atoms with Gasteiger partial charge in [0.25, 0.3) is 0 Å². The highest BCUT2D eigenvalue weighted by Gasteiger charge is 2.25. The second-order valence-corrected chi connectivity index (χ2v) is 6.61. The molecule has 1 aliphatic carbocycles. The number of aryl methyl sites for hydroxylation is 1. The number of hydrogen-bond donors (Lipinski definition) is 4. The van der Waals surface area contributed by atoms with E-state index < -0.39 is 0 Å². The molecule has 1 heterocycles. The number of amides is 2. The van der Waals surface area contributed by atoms with Gasteiger partial charge in [0.1, 0.15) is 5.82 Å². The van der Waals surface area contributed by atoms with E-state index in [-0.39, 0.29) is 24.6 Å². The van der Waals surface area contributed by atoms with Crippen LogP contribution in [0.15, 0.2) is 24.3 Å². The molecule has 2 amide bonds. The molecule has 2 aromatic rings. The summed E-state index contributed by atoms with van der Waals surface area (Å²) < 4.78 is 0. The van der Waals surface area contributed by atoms with E-state index in [1.165, 1.54) is 0 Å². The molecule has 1 aromatic heterocycles. The lowest BCUT2D eigenvalue weighted by atomic mass is 9.85. The van der Waals surface area contributed by atoms with Gasteiger partial charge in [0.2, 0.25) is 0 Å². The summed E-state index contributed by atoms with van der Waals surface area (Å²) in [5.41, 5.74) is 1.90. The molecule has 1 fully saturated rings. The normalized spacial score (nSPS) is 20.2. The summed E-state index contributed by atoms with van der Waals surface area (Å²) in [5.74, 6) is 1.58. The predicted octanol–water partition coefficient (Wildman–Crippen LogP) is 2.13. The van der Waals surface area contributed by atoms with Crippen LogP contribution < -0.4 is 10.6 Å². The Hall–Kier alpha value is -2.41. The van der Waals surface area contributed by atoms with Crippen molar-refractivity contribution in [2.45, 2.75) is 45.2 Å². The van der Waals surface area contributed by atoms with E-state index in [9.17, 15) is 9.90 Å². The Morgan fingerprint density at radius 3 is 2.96 bits per heavy atom. The van der Waals surface area contributed by atoms with Crippen LogP contribution in [0.2, 0.25) is 0 Å². The molecule has 1 saturated carbocycles. The summed E-state index contributed by atoms with van der Waals surface area (Å²) in [4.78, 5) is 16.5. The number of hydrogen-bond acceptors (Lipinski definition) is 4. The minimum absolute atomic E-state index is 0.0568. The molecule has 4 N–H and O–H groups in total. The molecule has 3 rings (SSSR count). The average Bonchev–Trinajstić information content (AvgIpc) is 3.07. The van der Waals surface area contributed by atoms with Gasteiger partial charge in [-0.05, 0) is 31.4 Å². The summed E-state index contributed by atoms with van der Waals surface area (Å²) in [6, 6.07) is 7.67. The third-order valence-electron chi connectivity index (χ3n) is 4.70. The lowest BCUT2D eigenvalue weighted by Crippen LogP contribution is -2.47. The molecule has 0 radical (unpaired) electrons. The van der Waals surface area contributed by atoms with E-state index in [2.05, 4.69) is 25.8 Å². The second kappa shape index (κ2) is 8.11. The second-order valence-electron chi connectivity index (χ2n) is 6.61. The quantitative estimate of drug-likeness (QED) is 0.668. The van der Waals surface area contributed by atoms with Crippen LogP contribution in [0.25, 0.3) is 11.4 Å². The van der Waals surface area contributed by atoms with Crippen molar-refractivity contribution in [3.05, 3.63) is 35.7 Å². The van der Waals surface area contributed by atoms with Crippen molar-refractivity contribution in [3.8, 4) is 11.4 Å². The SMILES string of the molecule is Cc1nc(-c2cccc(CNC(=O)NC3CCCCC3CO)c2)n[nH]1. The summed E-state index contributed by atoms with van der Waals surface area (Å²) in [6.45, 7) is 2.42. The number of benzene rings is 1. The smallest absolute Gasteiger partial charge is 0.315 e. The van der Waals surface area contributed by atoms with E-state index in [4.69, 9.17) is 0 Å². The molecular formula is C18H25N5O2. The molecule has 0 bridgehead atoms. The molecule has 1 aromatic carbocycles. The van der Waals surface area contributed by atoms with E-state index in [0.717, 1.165) is 42.6 Å². The number of nitrogens with one attached hydrogen (secondary N) is 3. The van der Waals surface area contributed by atoms with Crippen LogP contribution in [0.1, 0.15) is 37.1 Å². The largest absolute Gasteiger partial charge is 0.396 e. The zero-order valence-corrected chi connectivity index (χ0v) is 14.5. The molecule has 2 atom stereocenters. The third-order valence-corrected chi connectivity index (χ3v) is 4.70. The first-order chi connectivity index (χ1) is 12.2. The van der Waals surface area contributed by atoms with Gasteiger partial charge in [0.05, 0.1) is 0 Å². The molecule has 7 nitrogen and oxygen atoms in total. The van der Waals surface area contributed by atoms with Crippen molar-refractivity contribution < 1.29 is 9.90 Å². The van der Waals surface area contributed by atoms with Crippen LogP contribution in [0.3, 0.4) is 0 Å². The number of aromatic nitrogens is 3. The Morgan fingerprint density at radius 1 is 1.36 bits per heavy atom. The van der Waals surface area contributed by atoms with Crippen molar-refractivity contribution in [3.63, 3.8) is 0 Å². The van der Waals surface area contributed by atoms with E-state index in [1.54, 1.807) is 0 Å². The van der Waals surface area contributed by atoms with Crippen molar-refractivity contribution >= 4 is 6.03 Å². The molecule has 0 saturated heterocycles. The zero-order chi connectivity index (χ0) is 17.6. The zero-order valence-electron chi connectivity index (χ0n) is 14.5. The predicted molar refractivity (Wildman–Crippen MR) is 94.8 cm³/mol. The Bertz CT molecular complexity index is 715. The van der Waals surface area contributed by atoms with Crippen molar-refractivity contribution in [2.24, 2.45) is 5.92 Å². The topological polar surface area (TPSA) is 103 Å². The highest BCUT2D eigenvalue weighted by Crippen LogP contribution is 2.23. The summed E-state index contributed by atoms with van der Waals surface area (Å²) in [7, 11) is 0.